The molecule has 0 saturated heterocycles. The van der Waals surface area contributed by atoms with E-state index in [1.165, 1.54) is 19.3 Å². The molecule has 0 spiro atoms. The molecule has 4 nitrogen and oxygen atoms in total. The number of carbonyl (C=O) groups excluding carboxylic acids is 1. The zero-order valence-corrected chi connectivity index (χ0v) is 11.2. The van der Waals surface area contributed by atoms with Gasteiger partial charge in [-0.25, -0.2) is 0 Å². The van der Waals surface area contributed by atoms with Crippen LogP contribution >= 0.6 is 0 Å². The molecule has 100 valence electrons. The molecule has 0 aromatic carbocycles. The topological polar surface area (TPSA) is 72.3 Å². The van der Waals surface area contributed by atoms with E-state index in [0.29, 0.717) is 24.4 Å². The third-order valence-corrected chi connectivity index (χ3v) is 3.60. The summed E-state index contributed by atoms with van der Waals surface area (Å²) in [5.74, 6) is 0.851. The van der Waals surface area contributed by atoms with Crippen LogP contribution in [-0.4, -0.2) is 36.5 Å². The van der Waals surface area contributed by atoms with Crippen molar-refractivity contribution in [1.82, 2.24) is 4.90 Å². The van der Waals surface area contributed by atoms with E-state index in [4.69, 9.17) is 11.5 Å². The predicted molar refractivity (Wildman–Crippen MR) is 70.4 cm³/mol. The second-order valence-electron chi connectivity index (χ2n) is 5.64. The summed E-state index contributed by atoms with van der Waals surface area (Å²) in [7, 11) is 0. The number of rotatable bonds is 6. The van der Waals surface area contributed by atoms with E-state index in [1.807, 2.05) is 0 Å². The molecule has 1 rings (SSSR count). The summed E-state index contributed by atoms with van der Waals surface area (Å²) in [5.41, 5.74) is 11.2. The molecule has 1 saturated carbocycles. The maximum atomic E-state index is 11.2. The van der Waals surface area contributed by atoms with Gasteiger partial charge in [0.1, 0.15) is 0 Å². The fourth-order valence-corrected chi connectivity index (χ4v) is 2.93. The summed E-state index contributed by atoms with van der Waals surface area (Å²) >= 11 is 0. The third kappa shape index (κ3) is 4.64. The van der Waals surface area contributed by atoms with Crippen molar-refractivity contribution in [2.45, 2.75) is 45.6 Å². The minimum Gasteiger partial charge on any atom is -0.369 e. The summed E-state index contributed by atoms with van der Waals surface area (Å²) in [4.78, 5) is 13.4. The first-order chi connectivity index (χ1) is 8.04. The normalized spacial score (nSPS) is 25.5. The molecule has 0 heterocycles. The van der Waals surface area contributed by atoms with Crippen LogP contribution in [0.5, 0.6) is 0 Å². The number of primary amides is 1. The lowest BCUT2D eigenvalue weighted by Gasteiger charge is -2.40. The van der Waals surface area contributed by atoms with E-state index in [0.717, 1.165) is 19.5 Å². The highest BCUT2D eigenvalue weighted by atomic mass is 16.1. The van der Waals surface area contributed by atoms with E-state index >= 15 is 0 Å². The smallest absolute Gasteiger partial charge is 0.231 e. The Morgan fingerprint density at radius 3 is 2.53 bits per heavy atom. The number of hydrogen-bond donors (Lipinski definition) is 2. The minimum atomic E-state index is -0.230. The lowest BCUT2D eigenvalue weighted by Crippen LogP contribution is -2.49. The highest BCUT2D eigenvalue weighted by Crippen LogP contribution is 2.28. The number of hydrogen-bond acceptors (Lipinski definition) is 3. The Hall–Kier alpha value is -0.610. The number of amides is 1. The third-order valence-electron chi connectivity index (χ3n) is 3.60. The zero-order chi connectivity index (χ0) is 12.8. The Kier molecular flexibility index (Phi) is 5.92. The van der Waals surface area contributed by atoms with Crippen LogP contribution in [0.15, 0.2) is 0 Å². The summed E-state index contributed by atoms with van der Waals surface area (Å²) in [5, 5.41) is 0. The average Bonchev–Trinajstić information content (AvgIpc) is 2.27. The van der Waals surface area contributed by atoms with Crippen molar-refractivity contribution in [3.8, 4) is 0 Å². The molecule has 0 radical (unpaired) electrons. The van der Waals surface area contributed by atoms with Crippen LogP contribution in [0.3, 0.4) is 0 Å². The quantitative estimate of drug-likeness (QED) is 0.727. The van der Waals surface area contributed by atoms with Crippen molar-refractivity contribution in [3.63, 3.8) is 0 Å². The molecule has 17 heavy (non-hydrogen) atoms. The maximum Gasteiger partial charge on any atom is 0.231 e. The van der Waals surface area contributed by atoms with E-state index in [9.17, 15) is 4.79 Å². The molecule has 0 bridgehead atoms. The second-order valence-corrected chi connectivity index (χ2v) is 5.64. The number of nitrogens with zero attached hydrogens (tertiary/aromatic N) is 1. The van der Waals surface area contributed by atoms with Gasteiger partial charge >= 0.3 is 0 Å². The highest BCUT2D eigenvalue weighted by molar-refractivity contribution is 5.75. The first-order valence-electron chi connectivity index (χ1n) is 6.77. The predicted octanol–water partition coefficient (Wildman–Crippen LogP) is 0.947. The molecule has 2 atom stereocenters. The molecule has 1 aliphatic rings. The number of carbonyl (C=O) groups is 1. The SMILES string of the molecule is CC(C)CN(CC(N)=O)C1CCCCC1CN. The van der Waals surface area contributed by atoms with Crippen molar-refractivity contribution in [2.75, 3.05) is 19.6 Å². The van der Waals surface area contributed by atoms with Gasteiger partial charge in [0.2, 0.25) is 5.91 Å². The van der Waals surface area contributed by atoms with Crippen molar-refractivity contribution < 1.29 is 4.79 Å². The van der Waals surface area contributed by atoms with Gasteiger partial charge in [-0.2, -0.15) is 0 Å². The average molecular weight is 241 g/mol. The minimum absolute atomic E-state index is 0.230. The lowest BCUT2D eigenvalue weighted by molar-refractivity contribution is -0.120. The van der Waals surface area contributed by atoms with Gasteiger partial charge in [0.15, 0.2) is 0 Å². The van der Waals surface area contributed by atoms with Gasteiger partial charge in [-0.15, -0.1) is 0 Å². The van der Waals surface area contributed by atoms with Gasteiger partial charge < -0.3 is 11.5 Å². The van der Waals surface area contributed by atoms with Gasteiger partial charge in [0.05, 0.1) is 6.54 Å². The van der Waals surface area contributed by atoms with Crippen LogP contribution in [0.25, 0.3) is 0 Å². The van der Waals surface area contributed by atoms with Crippen LogP contribution in [-0.2, 0) is 4.79 Å². The summed E-state index contributed by atoms with van der Waals surface area (Å²) in [6.45, 7) is 6.38. The first kappa shape index (κ1) is 14.5. The van der Waals surface area contributed by atoms with E-state index in [-0.39, 0.29) is 5.91 Å². The van der Waals surface area contributed by atoms with Crippen LogP contribution in [0, 0.1) is 11.8 Å². The molecular formula is C13H27N3O. The molecule has 1 aliphatic carbocycles. The van der Waals surface area contributed by atoms with Crippen LogP contribution < -0.4 is 11.5 Å². The van der Waals surface area contributed by atoms with E-state index in [1.54, 1.807) is 0 Å². The molecule has 4 N–H and O–H groups in total. The highest BCUT2D eigenvalue weighted by Gasteiger charge is 2.30. The van der Waals surface area contributed by atoms with Crippen LogP contribution in [0.1, 0.15) is 39.5 Å². The Morgan fingerprint density at radius 2 is 2.00 bits per heavy atom. The Labute approximate surface area is 105 Å². The van der Waals surface area contributed by atoms with Crippen LogP contribution in [0.4, 0.5) is 0 Å². The molecule has 0 aliphatic heterocycles. The molecule has 0 aromatic heterocycles. The zero-order valence-electron chi connectivity index (χ0n) is 11.2. The van der Waals surface area contributed by atoms with Gasteiger partial charge in [-0.1, -0.05) is 26.7 Å². The largest absolute Gasteiger partial charge is 0.369 e. The number of nitrogens with two attached hydrogens (primary N) is 2. The summed E-state index contributed by atoms with van der Waals surface area (Å²) in [6.07, 6.45) is 4.86. The molecule has 1 fully saturated rings. The van der Waals surface area contributed by atoms with Crippen molar-refractivity contribution in [1.29, 1.82) is 0 Å². The second kappa shape index (κ2) is 6.97. The maximum absolute atomic E-state index is 11.2. The Balaban J connectivity index is 2.67. The standard InChI is InChI=1S/C13H27N3O/c1-10(2)8-16(9-13(15)17)12-6-4-3-5-11(12)7-14/h10-12H,3-9,14H2,1-2H3,(H2,15,17). The van der Waals surface area contributed by atoms with E-state index < -0.39 is 0 Å². The Bertz CT molecular complexity index is 243. The monoisotopic (exact) mass is 241 g/mol. The lowest BCUT2D eigenvalue weighted by atomic mass is 9.83. The van der Waals surface area contributed by atoms with Gasteiger partial charge in [-0.3, -0.25) is 9.69 Å². The van der Waals surface area contributed by atoms with Crippen LogP contribution in [0.2, 0.25) is 0 Å². The summed E-state index contributed by atoms with van der Waals surface area (Å²) in [6, 6.07) is 0.448. The van der Waals surface area contributed by atoms with E-state index in [2.05, 4.69) is 18.7 Å². The van der Waals surface area contributed by atoms with Gasteiger partial charge in [0, 0.05) is 12.6 Å². The fourth-order valence-electron chi connectivity index (χ4n) is 2.93. The van der Waals surface area contributed by atoms with Crippen molar-refractivity contribution in [3.05, 3.63) is 0 Å². The molecular weight excluding hydrogens is 214 g/mol. The molecule has 0 aromatic rings. The molecule has 4 heteroatoms. The Morgan fingerprint density at radius 1 is 1.35 bits per heavy atom. The van der Waals surface area contributed by atoms with Crippen molar-refractivity contribution in [2.24, 2.45) is 23.3 Å². The molecule has 1 amide bonds. The van der Waals surface area contributed by atoms with Gasteiger partial charge in [-0.05, 0) is 31.2 Å². The molecule has 2 unspecified atom stereocenters. The van der Waals surface area contributed by atoms with Crippen molar-refractivity contribution >= 4 is 5.91 Å². The first-order valence-corrected chi connectivity index (χ1v) is 6.77. The fraction of sp³-hybridized carbons (Fsp3) is 0.923. The van der Waals surface area contributed by atoms with Gasteiger partial charge in [0.25, 0.3) is 0 Å². The summed E-state index contributed by atoms with van der Waals surface area (Å²) < 4.78 is 0.